The van der Waals surface area contributed by atoms with Crippen molar-refractivity contribution in [3.8, 4) is 11.5 Å². The zero-order valence-corrected chi connectivity index (χ0v) is 9.63. The Bertz CT molecular complexity index is 491. The molecule has 1 heterocycles. The number of ether oxygens (including phenoxy) is 1. The third-order valence-electron chi connectivity index (χ3n) is 2.49. The van der Waals surface area contributed by atoms with Crippen LogP contribution in [0.15, 0.2) is 30.5 Å². The van der Waals surface area contributed by atoms with Crippen LogP contribution in [0.5, 0.6) is 11.5 Å². The minimum Gasteiger partial charge on any atom is -0.508 e. The number of hydrogen-bond acceptors (Lipinski definition) is 4. The first kappa shape index (κ1) is 11.3. The van der Waals surface area contributed by atoms with Crippen molar-refractivity contribution in [2.24, 2.45) is 0 Å². The summed E-state index contributed by atoms with van der Waals surface area (Å²) in [5, 5.41) is 9.14. The molecule has 0 saturated heterocycles. The van der Waals surface area contributed by atoms with Gasteiger partial charge in [0.05, 0.1) is 6.20 Å². The van der Waals surface area contributed by atoms with Gasteiger partial charge in [-0.2, -0.15) is 0 Å². The summed E-state index contributed by atoms with van der Waals surface area (Å²) in [7, 11) is 0. The third-order valence-corrected chi connectivity index (χ3v) is 2.49. The van der Waals surface area contributed by atoms with Gasteiger partial charge in [-0.05, 0) is 31.2 Å². The normalized spacial score (nSPS) is 10.4. The molecular formula is C12H15N3O2. The Labute approximate surface area is 99.5 Å². The zero-order chi connectivity index (χ0) is 12.3. The fourth-order valence-electron chi connectivity index (χ4n) is 1.60. The third kappa shape index (κ3) is 2.50. The monoisotopic (exact) mass is 233 g/mol. The Hall–Kier alpha value is -2.17. The second-order valence-corrected chi connectivity index (χ2v) is 3.63. The first-order valence-corrected chi connectivity index (χ1v) is 5.42. The van der Waals surface area contributed by atoms with Gasteiger partial charge < -0.3 is 20.1 Å². The quantitative estimate of drug-likeness (QED) is 0.844. The lowest BCUT2D eigenvalue weighted by Crippen LogP contribution is -2.08. The Balaban J connectivity index is 2.04. The number of phenols is 1. The molecule has 0 aliphatic heterocycles. The molecular weight excluding hydrogens is 218 g/mol. The number of nitrogens with two attached hydrogens (primary N) is 1. The van der Waals surface area contributed by atoms with Crippen molar-refractivity contribution in [1.29, 1.82) is 0 Å². The van der Waals surface area contributed by atoms with E-state index < -0.39 is 0 Å². The molecule has 0 saturated carbocycles. The van der Waals surface area contributed by atoms with Crippen LogP contribution in [0.25, 0.3) is 0 Å². The van der Waals surface area contributed by atoms with Gasteiger partial charge in [-0.25, -0.2) is 4.98 Å². The number of rotatable bonds is 4. The van der Waals surface area contributed by atoms with Crippen LogP contribution in [0.4, 0.5) is 5.82 Å². The van der Waals surface area contributed by atoms with Crippen molar-refractivity contribution >= 4 is 5.82 Å². The number of phenolic OH excluding ortho intramolecular Hbond substituents is 1. The van der Waals surface area contributed by atoms with Gasteiger partial charge in [0.2, 0.25) is 0 Å². The van der Waals surface area contributed by atoms with Crippen molar-refractivity contribution in [3.63, 3.8) is 0 Å². The number of nitrogen functional groups attached to an aromatic ring is 1. The van der Waals surface area contributed by atoms with Crippen molar-refractivity contribution in [1.82, 2.24) is 9.55 Å². The molecule has 0 aliphatic rings. The summed E-state index contributed by atoms with van der Waals surface area (Å²) in [6, 6.07) is 6.57. The topological polar surface area (TPSA) is 73.3 Å². The van der Waals surface area contributed by atoms with Crippen LogP contribution in [0.3, 0.4) is 0 Å². The maximum atomic E-state index is 9.14. The fraction of sp³-hybridized carbons (Fsp3) is 0.250. The van der Waals surface area contributed by atoms with Gasteiger partial charge in [-0.1, -0.05) is 0 Å². The van der Waals surface area contributed by atoms with Crippen LogP contribution in [0.1, 0.15) is 12.7 Å². The molecule has 5 heteroatoms. The molecule has 90 valence electrons. The summed E-state index contributed by atoms with van der Waals surface area (Å²) in [5.41, 5.74) is 5.75. The van der Waals surface area contributed by atoms with Gasteiger partial charge in [0.15, 0.2) is 0 Å². The van der Waals surface area contributed by atoms with E-state index in [2.05, 4.69) is 4.98 Å². The van der Waals surface area contributed by atoms with Gasteiger partial charge in [-0.3, -0.25) is 0 Å². The number of aromatic nitrogens is 2. The number of hydrogen-bond donors (Lipinski definition) is 2. The molecule has 0 fully saturated rings. The number of anilines is 1. The van der Waals surface area contributed by atoms with E-state index in [4.69, 9.17) is 15.6 Å². The molecule has 0 aliphatic carbocycles. The predicted molar refractivity (Wildman–Crippen MR) is 64.8 cm³/mol. The second-order valence-electron chi connectivity index (χ2n) is 3.63. The van der Waals surface area contributed by atoms with E-state index in [1.165, 1.54) is 0 Å². The average molecular weight is 233 g/mol. The molecule has 3 N–H and O–H groups in total. The lowest BCUT2D eigenvalue weighted by molar-refractivity contribution is 0.290. The molecule has 0 spiro atoms. The molecule has 0 amide bonds. The van der Waals surface area contributed by atoms with E-state index in [0.717, 1.165) is 12.4 Å². The van der Waals surface area contributed by atoms with E-state index in [1.807, 2.05) is 11.5 Å². The second kappa shape index (κ2) is 4.78. The molecule has 0 radical (unpaired) electrons. The van der Waals surface area contributed by atoms with E-state index in [9.17, 15) is 0 Å². The minimum atomic E-state index is 0.219. The number of benzene rings is 1. The first-order valence-electron chi connectivity index (χ1n) is 5.42. The molecule has 2 rings (SSSR count). The van der Waals surface area contributed by atoms with Gasteiger partial charge >= 0.3 is 0 Å². The molecule has 1 aromatic carbocycles. The van der Waals surface area contributed by atoms with Gasteiger partial charge in [0, 0.05) is 6.54 Å². The number of aromatic hydroxyl groups is 1. The highest BCUT2D eigenvalue weighted by Crippen LogP contribution is 2.17. The maximum absolute atomic E-state index is 9.14. The minimum absolute atomic E-state index is 0.219. The van der Waals surface area contributed by atoms with Gasteiger partial charge in [-0.15, -0.1) is 0 Å². The van der Waals surface area contributed by atoms with Gasteiger partial charge in [0.1, 0.15) is 29.7 Å². The summed E-state index contributed by atoms with van der Waals surface area (Å²) < 4.78 is 7.44. The average Bonchev–Trinajstić information content (AvgIpc) is 2.69. The Morgan fingerprint density at radius 2 is 2.06 bits per heavy atom. The summed E-state index contributed by atoms with van der Waals surface area (Å²) in [5.74, 6) is 2.33. The highest BCUT2D eigenvalue weighted by atomic mass is 16.5. The molecule has 2 aromatic rings. The summed E-state index contributed by atoms with van der Waals surface area (Å²) in [6.45, 7) is 3.12. The van der Waals surface area contributed by atoms with Crippen molar-refractivity contribution < 1.29 is 9.84 Å². The van der Waals surface area contributed by atoms with E-state index in [1.54, 1.807) is 30.5 Å². The van der Waals surface area contributed by atoms with Crippen LogP contribution in [0.2, 0.25) is 0 Å². The van der Waals surface area contributed by atoms with Crippen LogP contribution < -0.4 is 10.5 Å². The summed E-state index contributed by atoms with van der Waals surface area (Å²) in [6.07, 6.45) is 1.62. The molecule has 0 unspecified atom stereocenters. The molecule has 1 aromatic heterocycles. The highest BCUT2D eigenvalue weighted by molar-refractivity contribution is 5.31. The Morgan fingerprint density at radius 1 is 1.35 bits per heavy atom. The van der Waals surface area contributed by atoms with Crippen LogP contribution in [-0.4, -0.2) is 14.7 Å². The largest absolute Gasteiger partial charge is 0.508 e. The SMILES string of the molecule is CCn1c(N)cnc1COc1ccc(O)cc1. The number of imidazole rings is 1. The Morgan fingerprint density at radius 3 is 2.71 bits per heavy atom. The number of nitrogens with zero attached hydrogens (tertiary/aromatic N) is 2. The molecule has 0 bridgehead atoms. The maximum Gasteiger partial charge on any atom is 0.148 e. The summed E-state index contributed by atoms with van der Waals surface area (Å²) >= 11 is 0. The smallest absolute Gasteiger partial charge is 0.148 e. The highest BCUT2D eigenvalue weighted by Gasteiger charge is 2.06. The van der Waals surface area contributed by atoms with Crippen LogP contribution in [-0.2, 0) is 13.2 Å². The summed E-state index contributed by atoms with van der Waals surface area (Å²) in [4.78, 5) is 4.18. The van der Waals surface area contributed by atoms with Crippen molar-refractivity contribution in [3.05, 3.63) is 36.3 Å². The molecule has 5 nitrogen and oxygen atoms in total. The lowest BCUT2D eigenvalue weighted by Gasteiger charge is -2.08. The van der Waals surface area contributed by atoms with Crippen molar-refractivity contribution in [2.75, 3.05) is 5.73 Å². The first-order chi connectivity index (χ1) is 8.20. The molecule has 0 atom stereocenters. The van der Waals surface area contributed by atoms with E-state index >= 15 is 0 Å². The molecule has 17 heavy (non-hydrogen) atoms. The standard InChI is InChI=1S/C12H15N3O2/c1-2-15-11(13)7-14-12(15)8-17-10-5-3-9(16)4-6-10/h3-7,16H,2,8,13H2,1H3. The fourth-order valence-corrected chi connectivity index (χ4v) is 1.60. The van der Waals surface area contributed by atoms with Gasteiger partial charge in [0.25, 0.3) is 0 Å². The van der Waals surface area contributed by atoms with Crippen molar-refractivity contribution in [2.45, 2.75) is 20.1 Å². The Kier molecular flexibility index (Phi) is 3.18. The zero-order valence-electron chi connectivity index (χ0n) is 9.63. The lowest BCUT2D eigenvalue weighted by atomic mass is 10.3. The van der Waals surface area contributed by atoms with Crippen LogP contribution >= 0.6 is 0 Å². The van der Waals surface area contributed by atoms with E-state index in [0.29, 0.717) is 18.2 Å². The van der Waals surface area contributed by atoms with E-state index in [-0.39, 0.29) is 5.75 Å². The predicted octanol–water partition coefficient (Wildman–Crippen LogP) is 1.77. The van der Waals surface area contributed by atoms with Crippen LogP contribution in [0, 0.1) is 0 Å².